The van der Waals surface area contributed by atoms with Gasteiger partial charge in [0.25, 0.3) is 0 Å². The van der Waals surface area contributed by atoms with Crippen LogP contribution in [0.5, 0.6) is 0 Å². The van der Waals surface area contributed by atoms with Crippen molar-refractivity contribution in [2.24, 2.45) is 9.98 Å². The van der Waals surface area contributed by atoms with Crippen LogP contribution in [0.15, 0.2) is 43.6 Å². The molecule has 2 nitrogen and oxygen atoms in total. The molecule has 0 N–H and O–H groups in total. The highest BCUT2D eigenvalue weighted by Gasteiger charge is 2.20. The van der Waals surface area contributed by atoms with Crippen LogP contribution in [0.3, 0.4) is 0 Å². The number of hydrogen-bond donors (Lipinski definition) is 0. The largest absolute Gasteiger partial charge is 0.220 e. The minimum Gasteiger partial charge on any atom is -0.216 e. The van der Waals surface area contributed by atoms with Crippen LogP contribution in [0.25, 0.3) is 0 Å². The molecule has 0 atom stereocenters. The monoisotopic (exact) mass is 262 g/mol. The number of nitrogens with zero attached hydrogens (tertiary/aromatic N) is 2. The maximum Gasteiger partial charge on any atom is 0.220 e. The summed E-state index contributed by atoms with van der Waals surface area (Å²) in [6.45, 7) is 0. The molecule has 0 aromatic carbocycles. The molecule has 3 heterocycles. The lowest BCUT2D eigenvalue weighted by atomic mass is 10.1. The van der Waals surface area contributed by atoms with Crippen LogP contribution < -0.4 is 0 Å². The van der Waals surface area contributed by atoms with Crippen molar-refractivity contribution in [2.75, 3.05) is 0 Å². The summed E-state index contributed by atoms with van der Waals surface area (Å²) >= 11 is 8.35. The summed E-state index contributed by atoms with van der Waals surface area (Å²) in [6.07, 6.45) is 0. The van der Waals surface area contributed by atoms with Crippen LogP contribution in [0.4, 0.5) is 0 Å². The van der Waals surface area contributed by atoms with E-state index in [1.165, 1.54) is 0 Å². The van der Waals surface area contributed by atoms with E-state index in [4.69, 9.17) is 12.2 Å². The minimum atomic E-state index is 0.419. The molecule has 0 saturated heterocycles. The number of thiocarbonyl (C=S) groups is 1. The van der Waals surface area contributed by atoms with Gasteiger partial charge in [0.1, 0.15) is 11.4 Å². The molecule has 2 aromatic heterocycles. The number of hydrogen-bond acceptors (Lipinski definition) is 3. The fourth-order valence-corrected chi connectivity index (χ4v) is 2.99. The van der Waals surface area contributed by atoms with Gasteiger partial charge >= 0.3 is 0 Å². The van der Waals surface area contributed by atoms with Crippen molar-refractivity contribution in [3.05, 3.63) is 44.8 Å². The fraction of sp³-hybridized carbons (Fsp3) is 0. The lowest BCUT2D eigenvalue weighted by Crippen LogP contribution is -2.12. The molecule has 16 heavy (non-hydrogen) atoms. The molecule has 1 aliphatic heterocycles. The molecular formula is C11H6N2S3. The summed E-state index contributed by atoms with van der Waals surface area (Å²) < 4.78 is 0. The predicted octanol–water partition coefficient (Wildman–Crippen LogP) is 3.39. The summed E-state index contributed by atoms with van der Waals surface area (Å²) in [4.78, 5) is 8.65. The highest BCUT2D eigenvalue weighted by atomic mass is 32.1. The van der Waals surface area contributed by atoms with E-state index in [0.29, 0.717) is 5.11 Å². The third-order valence-electron chi connectivity index (χ3n) is 2.23. The van der Waals surface area contributed by atoms with Gasteiger partial charge in [0.2, 0.25) is 5.11 Å². The van der Waals surface area contributed by atoms with Crippen LogP contribution >= 0.6 is 34.9 Å². The molecule has 0 aliphatic carbocycles. The maximum atomic E-state index is 5.05. The Kier molecular flexibility index (Phi) is 2.51. The fourth-order valence-electron chi connectivity index (χ4n) is 1.52. The Labute approximate surface area is 106 Å². The van der Waals surface area contributed by atoms with Crippen LogP contribution in [0.2, 0.25) is 0 Å². The lowest BCUT2D eigenvalue weighted by Gasteiger charge is -1.99. The Morgan fingerprint density at radius 1 is 0.875 bits per heavy atom. The van der Waals surface area contributed by atoms with Crippen LogP contribution in [-0.2, 0) is 0 Å². The summed E-state index contributed by atoms with van der Waals surface area (Å²) in [7, 11) is 0. The van der Waals surface area contributed by atoms with Gasteiger partial charge in [-0.15, -0.1) is 0 Å². The summed E-state index contributed by atoms with van der Waals surface area (Å²) in [5, 5.41) is 8.61. The standard InChI is InChI=1S/C11H6N2S3/c14-11-12-9(7-1-3-15-5-7)10(13-11)8-2-4-16-6-8/h1-6H. The highest BCUT2D eigenvalue weighted by Crippen LogP contribution is 2.19. The van der Waals surface area contributed by atoms with Gasteiger partial charge in [-0.1, -0.05) is 0 Å². The zero-order valence-electron chi connectivity index (χ0n) is 8.08. The summed E-state index contributed by atoms with van der Waals surface area (Å²) in [6, 6.07) is 4.08. The number of thiophene rings is 2. The molecule has 0 fully saturated rings. The molecule has 3 rings (SSSR count). The molecular weight excluding hydrogens is 256 g/mol. The third kappa shape index (κ3) is 1.67. The van der Waals surface area contributed by atoms with Crippen molar-refractivity contribution < 1.29 is 0 Å². The Morgan fingerprint density at radius 2 is 1.38 bits per heavy atom. The Morgan fingerprint density at radius 3 is 1.75 bits per heavy atom. The van der Waals surface area contributed by atoms with Crippen molar-refractivity contribution >= 4 is 51.4 Å². The quantitative estimate of drug-likeness (QED) is 0.761. The van der Waals surface area contributed by atoms with Crippen LogP contribution in [-0.4, -0.2) is 16.5 Å². The minimum absolute atomic E-state index is 0.419. The summed E-state index contributed by atoms with van der Waals surface area (Å²) in [5.74, 6) is 0. The van der Waals surface area contributed by atoms with Gasteiger partial charge in [0, 0.05) is 21.9 Å². The second-order valence-corrected chi connectivity index (χ2v) is 5.15. The lowest BCUT2D eigenvalue weighted by molar-refractivity contribution is 1.66. The van der Waals surface area contributed by atoms with Gasteiger partial charge in [0.05, 0.1) is 0 Å². The SMILES string of the molecule is S=C1N=C(c2ccsc2)C(c2ccsc2)=N1. The van der Waals surface area contributed by atoms with Crippen molar-refractivity contribution in [3.63, 3.8) is 0 Å². The normalized spacial score (nSPS) is 15.1. The van der Waals surface area contributed by atoms with E-state index in [-0.39, 0.29) is 0 Å². The van der Waals surface area contributed by atoms with Gasteiger partial charge in [-0.2, -0.15) is 22.7 Å². The molecule has 0 unspecified atom stereocenters. The first kappa shape index (κ1) is 10.0. The van der Waals surface area contributed by atoms with E-state index in [9.17, 15) is 0 Å². The maximum absolute atomic E-state index is 5.05. The van der Waals surface area contributed by atoms with Crippen molar-refractivity contribution in [3.8, 4) is 0 Å². The van der Waals surface area contributed by atoms with E-state index in [0.717, 1.165) is 22.6 Å². The Hall–Kier alpha value is -1.17. The third-order valence-corrected chi connectivity index (χ3v) is 3.78. The van der Waals surface area contributed by atoms with Gasteiger partial charge in [-0.05, 0) is 35.1 Å². The highest BCUT2D eigenvalue weighted by molar-refractivity contribution is 7.80. The topological polar surface area (TPSA) is 24.7 Å². The molecule has 1 aliphatic rings. The number of aliphatic imine (C=N–C) groups is 2. The first-order valence-electron chi connectivity index (χ1n) is 4.61. The number of rotatable bonds is 2. The first-order valence-corrected chi connectivity index (χ1v) is 6.91. The molecule has 0 radical (unpaired) electrons. The van der Waals surface area contributed by atoms with E-state index in [2.05, 4.69) is 20.7 Å². The predicted molar refractivity (Wildman–Crippen MR) is 74.3 cm³/mol. The average Bonchev–Trinajstić information content (AvgIpc) is 2.98. The Balaban J connectivity index is 2.10. The molecule has 78 valence electrons. The second kappa shape index (κ2) is 4.01. The molecule has 0 bridgehead atoms. The first-order chi connectivity index (χ1) is 7.84. The van der Waals surface area contributed by atoms with Gasteiger partial charge < -0.3 is 0 Å². The second-order valence-electron chi connectivity index (χ2n) is 3.23. The van der Waals surface area contributed by atoms with E-state index in [1.807, 2.05) is 22.9 Å². The van der Waals surface area contributed by atoms with Crippen LogP contribution in [0.1, 0.15) is 11.1 Å². The molecule has 0 saturated carbocycles. The molecule has 0 amide bonds. The smallest absolute Gasteiger partial charge is 0.216 e. The van der Waals surface area contributed by atoms with E-state index in [1.54, 1.807) is 22.7 Å². The van der Waals surface area contributed by atoms with E-state index >= 15 is 0 Å². The van der Waals surface area contributed by atoms with Crippen molar-refractivity contribution in [1.29, 1.82) is 0 Å². The Bertz CT molecular complexity index is 525. The summed E-state index contributed by atoms with van der Waals surface area (Å²) in [5.41, 5.74) is 3.97. The average molecular weight is 262 g/mol. The van der Waals surface area contributed by atoms with Gasteiger partial charge in [-0.25, -0.2) is 9.98 Å². The van der Waals surface area contributed by atoms with Gasteiger partial charge in [0.15, 0.2) is 0 Å². The zero-order valence-corrected chi connectivity index (χ0v) is 10.5. The van der Waals surface area contributed by atoms with Crippen LogP contribution in [0, 0.1) is 0 Å². The van der Waals surface area contributed by atoms with Crippen molar-refractivity contribution in [1.82, 2.24) is 0 Å². The zero-order chi connectivity index (χ0) is 11.0. The molecule has 0 spiro atoms. The molecule has 5 heteroatoms. The van der Waals surface area contributed by atoms with Gasteiger partial charge in [-0.3, -0.25) is 0 Å². The van der Waals surface area contributed by atoms with Crippen molar-refractivity contribution in [2.45, 2.75) is 0 Å². The molecule has 2 aromatic rings. The van der Waals surface area contributed by atoms with E-state index < -0.39 is 0 Å².